The van der Waals surface area contributed by atoms with Crippen LogP contribution in [0.15, 0.2) is 47.2 Å². The largest absolute Gasteiger partial charge is 0.303 e. The molecule has 1 aromatic carbocycles. The number of hydrogen-bond donors (Lipinski definition) is 0. The van der Waals surface area contributed by atoms with Gasteiger partial charge in [-0.05, 0) is 86.2 Å². The summed E-state index contributed by atoms with van der Waals surface area (Å²) in [4.78, 5) is 5.16. The topological polar surface area (TPSA) is 6.48 Å². The highest BCUT2D eigenvalue weighted by Gasteiger charge is 2.20. The van der Waals surface area contributed by atoms with Gasteiger partial charge in [-0.2, -0.15) is 11.3 Å². The van der Waals surface area contributed by atoms with Gasteiger partial charge in [0.2, 0.25) is 0 Å². The fourth-order valence-corrected chi connectivity index (χ4v) is 4.40. The Morgan fingerprint density at radius 1 is 1.08 bits per heavy atom. The molecule has 0 N–H and O–H groups in total. The predicted octanol–water partition coefficient (Wildman–Crippen LogP) is 4.52. The van der Waals surface area contributed by atoms with Crippen molar-refractivity contribution in [3.63, 3.8) is 0 Å². The molecule has 0 spiro atoms. The van der Waals surface area contributed by atoms with E-state index in [1.165, 1.54) is 63.0 Å². The van der Waals surface area contributed by atoms with E-state index in [0.29, 0.717) is 0 Å². The Balaban J connectivity index is 1.30. The van der Waals surface area contributed by atoms with Crippen LogP contribution in [0.25, 0.3) is 0 Å². The quantitative estimate of drug-likeness (QED) is 0.696. The van der Waals surface area contributed by atoms with E-state index in [1.807, 2.05) is 0 Å². The molecule has 130 valence electrons. The maximum absolute atomic E-state index is 2.66. The summed E-state index contributed by atoms with van der Waals surface area (Å²) in [6.07, 6.45) is 5.22. The van der Waals surface area contributed by atoms with E-state index in [9.17, 15) is 0 Å². The Morgan fingerprint density at radius 2 is 1.88 bits per heavy atom. The zero-order valence-corrected chi connectivity index (χ0v) is 15.7. The zero-order chi connectivity index (χ0) is 16.6. The predicted molar refractivity (Wildman–Crippen MR) is 105 cm³/mol. The second-order valence-electron chi connectivity index (χ2n) is 7.20. The fraction of sp³-hybridized carbons (Fsp3) is 0.524. The van der Waals surface area contributed by atoms with Crippen molar-refractivity contribution in [2.45, 2.75) is 32.2 Å². The van der Waals surface area contributed by atoms with Crippen LogP contribution in [0.3, 0.4) is 0 Å². The van der Waals surface area contributed by atoms with Crippen molar-refractivity contribution in [3.05, 3.63) is 58.3 Å². The molecular weight excluding hydrogens is 312 g/mol. The van der Waals surface area contributed by atoms with Crippen LogP contribution in [0.5, 0.6) is 0 Å². The van der Waals surface area contributed by atoms with Gasteiger partial charge in [-0.15, -0.1) is 0 Å². The van der Waals surface area contributed by atoms with Crippen LogP contribution in [-0.2, 0) is 13.0 Å². The van der Waals surface area contributed by atoms with Crippen LogP contribution >= 0.6 is 11.3 Å². The van der Waals surface area contributed by atoms with Gasteiger partial charge in [-0.1, -0.05) is 30.3 Å². The average Bonchev–Trinajstić information content (AvgIpc) is 3.10. The SMILES string of the molecule is CN(Cc1ccsc1)CC1CCN(CCCc2ccccc2)CC1. The van der Waals surface area contributed by atoms with E-state index in [-0.39, 0.29) is 0 Å². The Bertz CT molecular complexity index is 559. The van der Waals surface area contributed by atoms with E-state index in [1.54, 1.807) is 11.3 Å². The molecule has 0 bridgehead atoms. The van der Waals surface area contributed by atoms with Crippen molar-refractivity contribution >= 4 is 11.3 Å². The molecule has 0 atom stereocenters. The molecule has 2 aromatic rings. The highest BCUT2D eigenvalue weighted by atomic mass is 32.1. The molecule has 1 saturated heterocycles. The number of rotatable bonds is 8. The summed E-state index contributed by atoms with van der Waals surface area (Å²) in [5.74, 6) is 0.874. The molecule has 1 fully saturated rings. The van der Waals surface area contributed by atoms with Crippen molar-refractivity contribution in [3.8, 4) is 0 Å². The van der Waals surface area contributed by atoms with E-state index in [4.69, 9.17) is 0 Å². The number of aryl methyl sites for hydroxylation is 1. The second kappa shape index (κ2) is 9.36. The molecule has 0 radical (unpaired) electrons. The van der Waals surface area contributed by atoms with Crippen molar-refractivity contribution < 1.29 is 0 Å². The minimum Gasteiger partial charge on any atom is -0.303 e. The first-order chi connectivity index (χ1) is 11.8. The van der Waals surface area contributed by atoms with Crippen molar-refractivity contribution in [2.75, 3.05) is 33.2 Å². The maximum atomic E-state index is 2.66. The standard InChI is InChI=1S/C21H30N2S/c1-22(17-21-11-15-24-18-21)16-20-9-13-23(14-10-20)12-5-8-19-6-3-2-4-7-19/h2-4,6-7,11,15,18,20H,5,8-10,12-14,16-17H2,1H3. The third-order valence-corrected chi connectivity index (χ3v) is 5.82. The Labute approximate surface area is 151 Å². The van der Waals surface area contributed by atoms with Gasteiger partial charge in [0, 0.05) is 13.1 Å². The molecule has 1 aliphatic heterocycles. The number of piperidine rings is 1. The number of nitrogens with zero attached hydrogens (tertiary/aromatic N) is 2. The highest BCUT2D eigenvalue weighted by Crippen LogP contribution is 2.19. The first-order valence-corrected chi connectivity index (χ1v) is 10.2. The summed E-state index contributed by atoms with van der Waals surface area (Å²) in [7, 11) is 2.27. The molecule has 0 amide bonds. The van der Waals surface area contributed by atoms with Crippen LogP contribution in [-0.4, -0.2) is 43.0 Å². The summed E-state index contributed by atoms with van der Waals surface area (Å²) in [5.41, 5.74) is 2.93. The molecule has 1 aromatic heterocycles. The maximum Gasteiger partial charge on any atom is 0.0239 e. The number of benzene rings is 1. The van der Waals surface area contributed by atoms with Crippen LogP contribution in [0.1, 0.15) is 30.4 Å². The third kappa shape index (κ3) is 5.73. The number of hydrogen-bond acceptors (Lipinski definition) is 3. The lowest BCUT2D eigenvalue weighted by molar-refractivity contribution is 0.151. The van der Waals surface area contributed by atoms with Crippen LogP contribution in [0, 0.1) is 5.92 Å². The van der Waals surface area contributed by atoms with E-state index < -0.39 is 0 Å². The van der Waals surface area contributed by atoms with Gasteiger partial charge in [0.05, 0.1) is 0 Å². The molecule has 3 heteroatoms. The lowest BCUT2D eigenvalue weighted by Gasteiger charge is -2.34. The number of thiophene rings is 1. The normalized spacial score (nSPS) is 16.8. The molecule has 24 heavy (non-hydrogen) atoms. The lowest BCUT2D eigenvalue weighted by Crippen LogP contribution is -2.38. The molecule has 0 saturated carbocycles. The van der Waals surface area contributed by atoms with Gasteiger partial charge in [-0.25, -0.2) is 0 Å². The zero-order valence-electron chi connectivity index (χ0n) is 14.9. The molecule has 0 unspecified atom stereocenters. The van der Waals surface area contributed by atoms with Gasteiger partial charge in [0.15, 0.2) is 0 Å². The minimum absolute atomic E-state index is 0.874. The van der Waals surface area contributed by atoms with Gasteiger partial charge in [0.25, 0.3) is 0 Å². The van der Waals surface area contributed by atoms with Crippen molar-refractivity contribution in [2.24, 2.45) is 5.92 Å². The van der Waals surface area contributed by atoms with Crippen molar-refractivity contribution in [1.82, 2.24) is 9.80 Å². The molecular formula is C21H30N2S. The third-order valence-electron chi connectivity index (χ3n) is 5.09. The summed E-state index contributed by atoms with van der Waals surface area (Å²) >= 11 is 1.80. The van der Waals surface area contributed by atoms with Crippen LogP contribution in [0.2, 0.25) is 0 Å². The molecule has 2 nitrogen and oxygen atoms in total. The van der Waals surface area contributed by atoms with Gasteiger partial charge < -0.3 is 9.80 Å². The van der Waals surface area contributed by atoms with Gasteiger partial charge in [0.1, 0.15) is 0 Å². The minimum atomic E-state index is 0.874. The summed E-state index contributed by atoms with van der Waals surface area (Å²) < 4.78 is 0. The Kier molecular flexibility index (Phi) is 6.88. The first-order valence-electron chi connectivity index (χ1n) is 9.25. The van der Waals surface area contributed by atoms with Gasteiger partial charge >= 0.3 is 0 Å². The monoisotopic (exact) mass is 342 g/mol. The molecule has 2 heterocycles. The summed E-state index contributed by atoms with van der Waals surface area (Å²) in [6.45, 7) is 6.17. The number of likely N-dealkylation sites (tertiary alicyclic amines) is 1. The Morgan fingerprint density at radius 3 is 2.58 bits per heavy atom. The summed E-state index contributed by atoms with van der Waals surface area (Å²) in [6, 6.07) is 13.1. The molecule has 1 aliphatic rings. The second-order valence-corrected chi connectivity index (χ2v) is 7.98. The van der Waals surface area contributed by atoms with E-state index >= 15 is 0 Å². The van der Waals surface area contributed by atoms with Crippen LogP contribution < -0.4 is 0 Å². The first kappa shape index (κ1) is 17.7. The van der Waals surface area contributed by atoms with Crippen LogP contribution in [0.4, 0.5) is 0 Å². The summed E-state index contributed by atoms with van der Waals surface area (Å²) in [5, 5.41) is 4.45. The van der Waals surface area contributed by atoms with E-state index in [0.717, 1.165) is 12.5 Å². The average molecular weight is 343 g/mol. The van der Waals surface area contributed by atoms with Gasteiger partial charge in [-0.3, -0.25) is 0 Å². The Hall–Kier alpha value is -1.16. The smallest absolute Gasteiger partial charge is 0.0239 e. The van der Waals surface area contributed by atoms with E-state index in [2.05, 4.69) is 64.0 Å². The van der Waals surface area contributed by atoms with Crippen molar-refractivity contribution in [1.29, 1.82) is 0 Å². The fourth-order valence-electron chi connectivity index (χ4n) is 3.74. The molecule has 0 aliphatic carbocycles. The molecule has 3 rings (SSSR count). The lowest BCUT2D eigenvalue weighted by atomic mass is 9.96. The highest BCUT2D eigenvalue weighted by molar-refractivity contribution is 7.07.